The van der Waals surface area contributed by atoms with Gasteiger partial charge in [0.15, 0.2) is 26.0 Å². The minimum atomic E-state index is -2.22. The van der Waals surface area contributed by atoms with Crippen molar-refractivity contribution in [3.8, 4) is 0 Å². The fourth-order valence-electron chi connectivity index (χ4n) is 2.95. The second kappa shape index (κ2) is 7.91. The monoisotopic (exact) mass is 402 g/mol. The van der Waals surface area contributed by atoms with Crippen LogP contribution in [0.2, 0.25) is 18.1 Å². The molecule has 8 heteroatoms. The van der Waals surface area contributed by atoms with E-state index < -0.39 is 44.5 Å². The molecular weight excluding hydrogens is 368 g/mol. The molecule has 0 bridgehead atoms. The Morgan fingerprint density at radius 2 is 1.93 bits per heavy atom. The van der Waals surface area contributed by atoms with Crippen molar-refractivity contribution in [2.75, 3.05) is 13.2 Å². The Morgan fingerprint density at radius 3 is 2.41 bits per heavy atom. The number of esters is 1. The van der Waals surface area contributed by atoms with Gasteiger partial charge in [0, 0.05) is 6.42 Å². The molecule has 2 aliphatic rings. The molecule has 0 radical (unpaired) electrons. The van der Waals surface area contributed by atoms with Crippen LogP contribution in [0.5, 0.6) is 0 Å². The van der Waals surface area contributed by atoms with Crippen LogP contribution in [0.3, 0.4) is 0 Å². The van der Waals surface area contributed by atoms with E-state index in [2.05, 4.69) is 33.9 Å². The van der Waals surface area contributed by atoms with E-state index in [9.17, 15) is 9.59 Å². The summed E-state index contributed by atoms with van der Waals surface area (Å²) < 4.78 is 28.7. The molecule has 156 valence electrons. The normalized spacial score (nSPS) is 31.8. The van der Waals surface area contributed by atoms with Gasteiger partial charge < -0.3 is 23.4 Å². The van der Waals surface area contributed by atoms with E-state index in [0.717, 1.165) is 0 Å². The fourth-order valence-corrected chi connectivity index (χ4v) is 4.23. The molecule has 0 aromatic heterocycles. The molecule has 2 fully saturated rings. The van der Waals surface area contributed by atoms with Crippen molar-refractivity contribution in [3.63, 3.8) is 0 Å². The van der Waals surface area contributed by atoms with Crippen molar-refractivity contribution in [1.29, 1.82) is 0 Å². The number of ketones is 1. The second-order valence-corrected chi connectivity index (χ2v) is 13.9. The second-order valence-electron chi connectivity index (χ2n) is 9.17. The molecule has 2 rings (SSSR count). The SMILES string of the molecule is CCOC(=O)[C@H]1C[C@@H](O[Si](C)(C)C(C)(C)C)C(=O)[C@@H]([C@H]2COC(C)(C)O2)O1. The lowest BCUT2D eigenvalue weighted by atomic mass is 9.96. The average Bonchev–Trinajstić information content (AvgIpc) is 2.88. The predicted molar refractivity (Wildman–Crippen MR) is 102 cm³/mol. The van der Waals surface area contributed by atoms with Crippen LogP contribution in [0.25, 0.3) is 0 Å². The summed E-state index contributed by atoms with van der Waals surface area (Å²) in [5.41, 5.74) is 0. The molecule has 0 aromatic carbocycles. The summed E-state index contributed by atoms with van der Waals surface area (Å²) >= 11 is 0. The van der Waals surface area contributed by atoms with Gasteiger partial charge in [0.1, 0.15) is 18.3 Å². The third-order valence-electron chi connectivity index (χ3n) is 5.50. The maximum atomic E-state index is 13.1. The van der Waals surface area contributed by atoms with Crippen LogP contribution in [0, 0.1) is 0 Å². The number of carbonyl (C=O) groups excluding carboxylic acids is 2. The summed E-state index contributed by atoms with van der Waals surface area (Å²) in [6, 6.07) is 0. The number of hydrogen-bond acceptors (Lipinski definition) is 7. The lowest BCUT2D eigenvalue weighted by molar-refractivity contribution is -0.194. The summed E-state index contributed by atoms with van der Waals surface area (Å²) in [6.07, 6.45) is -2.89. The number of ether oxygens (including phenoxy) is 4. The quantitative estimate of drug-likeness (QED) is 0.517. The van der Waals surface area contributed by atoms with E-state index in [-0.39, 0.29) is 30.5 Å². The topological polar surface area (TPSA) is 80.3 Å². The number of Topliss-reactive ketones (excluding diaryl/α,β-unsaturated/α-hetero) is 1. The van der Waals surface area contributed by atoms with E-state index in [0.29, 0.717) is 0 Å². The summed E-state index contributed by atoms with van der Waals surface area (Å²) in [5.74, 6) is -1.45. The minimum absolute atomic E-state index is 0.0601. The molecule has 0 N–H and O–H groups in total. The van der Waals surface area contributed by atoms with Gasteiger partial charge in [0.2, 0.25) is 0 Å². The van der Waals surface area contributed by atoms with Crippen molar-refractivity contribution in [2.45, 2.75) is 96.3 Å². The van der Waals surface area contributed by atoms with Gasteiger partial charge in [-0.25, -0.2) is 4.79 Å². The van der Waals surface area contributed by atoms with Gasteiger partial charge in [0.25, 0.3) is 0 Å². The smallest absolute Gasteiger partial charge is 0.335 e. The third-order valence-corrected chi connectivity index (χ3v) is 9.98. The van der Waals surface area contributed by atoms with Crippen LogP contribution >= 0.6 is 0 Å². The fraction of sp³-hybridized carbons (Fsp3) is 0.895. The summed E-state index contributed by atoms with van der Waals surface area (Å²) in [7, 11) is -2.22. The first kappa shape index (κ1) is 22.5. The highest BCUT2D eigenvalue weighted by Crippen LogP contribution is 2.39. The van der Waals surface area contributed by atoms with Crippen LogP contribution in [0.15, 0.2) is 0 Å². The molecule has 0 aromatic rings. The molecule has 27 heavy (non-hydrogen) atoms. The Balaban J connectivity index is 2.24. The first-order valence-corrected chi connectivity index (χ1v) is 12.5. The molecule has 0 saturated carbocycles. The minimum Gasteiger partial charge on any atom is -0.464 e. The van der Waals surface area contributed by atoms with Gasteiger partial charge in [-0.3, -0.25) is 4.79 Å². The van der Waals surface area contributed by atoms with E-state index in [1.54, 1.807) is 20.8 Å². The Kier molecular flexibility index (Phi) is 6.58. The summed E-state index contributed by atoms with van der Waals surface area (Å²) in [4.78, 5) is 25.5. The maximum absolute atomic E-state index is 13.1. The Bertz CT molecular complexity index is 567. The van der Waals surface area contributed by atoms with Crippen molar-refractivity contribution in [1.82, 2.24) is 0 Å². The molecular formula is C19H34O7Si. The molecule has 2 saturated heterocycles. The van der Waals surface area contributed by atoms with Crippen LogP contribution in [-0.2, 0) is 33.0 Å². The van der Waals surface area contributed by atoms with Crippen LogP contribution in [0.4, 0.5) is 0 Å². The Morgan fingerprint density at radius 1 is 1.30 bits per heavy atom. The summed E-state index contributed by atoms with van der Waals surface area (Å²) in [5, 5.41) is -0.0601. The molecule has 0 spiro atoms. The average molecular weight is 403 g/mol. The zero-order chi connectivity index (χ0) is 20.6. The van der Waals surface area contributed by atoms with Crippen molar-refractivity contribution in [2.24, 2.45) is 0 Å². The number of carbonyl (C=O) groups is 2. The Labute approximate surface area is 163 Å². The molecule has 7 nitrogen and oxygen atoms in total. The first-order chi connectivity index (χ1) is 12.3. The van der Waals surface area contributed by atoms with Crippen molar-refractivity contribution >= 4 is 20.1 Å². The molecule has 4 atom stereocenters. The van der Waals surface area contributed by atoms with Gasteiger partial charge in [-0.05, 0) is 38.9 Å². The number of hydrogen-bond donors (Lipinski definition) is 0. The van der Waals surface area contributed by atoms with Gasteiger partial charge in [-0.15, -0.1) is 0 Å². The van der Waals surface area contributed by atoms with Crippen molar-refractivity contribution in [3.05, 3.63) is 0 Å². The van der Waals surface area contributed by atoms with Gasteiger partial charge in [-0.2, -0.15) is 0 Å². The number of rotatable bonds is 5. The highest BCUT2D eigenvalue weighted by molar-refractivity contribution is 6.74. The van der Waals surface area contributed by atoms with E-state index >= 15 is 0 Å². The van der Waals surface area contributed by atoms with Crippen LogP contribution in [0.1, 0.15) is 48.0 Å². The zero-order valence-electron chi connectivity index (χ0n) is 17.8. The highest BCUT2D eigenvalue weighted by Gasteiger charge is 2.51. The summed E-state index contributed by atoms with van der Waals surface area (Å²) in [6.45, 7) is 16.3. The Hall–Kier alpha value is -0.803. The molecule has 0 aliphatic carbocycles. The van der Waals surface area contributed by atoms with Crippen LogP contribution in [-0.4, -0.2) is 63.5 Å². The predicted octanol–water partition coefficient (Wildman–Crippen LogP) is 2.82. The molecule has 0 unspecified atom stereocenters. The van der Waals surface area contributed by atoms with Crippen molar-refractivity contribution < 1.29 is 33.0 Å². The molecule has 0 amide bonds. The van der Waals surface area contributed by atoms with Crippen LogP contribution < -0.4 is 0 Å². The third kappa shape index (κ3) is 5.17. The van der Waals surface area contributed by atoms with Gasteiger partial charge in [0.05, 0.1) is 13.2 Å². The lowest BCUT2D eigenvalue weighted by Gasteiger charge is -2.42. The lowest BCUT2D eigenvalue weighted by Crippen LogP contribution is -2.57. The first-order valence-electron chi connectivity index (χ1n) is 9.63. The van der Waals surface area contributed by atoms with E-state index in [4.69, 9.17) is 23.4 Å². The maximum Gasteiger partial charge on any atom is 0.335 e. The van der Waals surface area contributed by atoms with E-state index in [1.165, 1.54) is 0 Å². The standard InChI is InChI=1S/C19H34O7Si/c1-9-22-17(21)13-10-12(26-27(7,8)18(2,3)4)15(20)16(24-13)14-11-23-19(5,6)25-14/h12-14,16H,9-11H2,1-8H3/t12-,13-,14-,16-/m1/s1. The van der Waals surface area contributed by atoms with E-state index in [1.807, 2.05) is 0 Å². The van der Waals surface area contributed by atoms with Gasteiger partial charge in [-0.1, -0.05) is 20.8 Å². The molecule has 2 heterocycles. The zero-order valence-corrected chi connectivity index (χ0v) is 18.8. The molecule has 2 aliphatic heterocycles. The van der Waals surface area contributed by atoms with Gasteiger partial charge >= 0.3 is 5.97 Å². The highest BCUT2D eigenvalue weighted by atomic mass is 28.4. The largest absolute Gasteiger partial charge is 0.464 e.